The molecule has 1 aliphatic heterocycles. The summed E-state index contributed by atoms with van der Waals surface area (Å²) in [6.07, 6.45) is 0. The monoisotopic (exact) mass is 550 g/mol. The highest BCUT2D eigenvalue weighted by atomic mass is 127. The number of thiocarbonyl (C=S) groups is 1. The molecule has 1 fully saturated rings. The highest BCUT2D eigenvalue weighted by Gasteiger charge is 2.29. The minimum atomic E-state index is -0.345. The summed E-state index contributed by atoms with van der Waals surface area (Å²) in [4.78, 5) is 29.0. The summed E-state index contributed by atoms with van der Waals surface area (Å²) in [7, 11) is 0. The van der Waals surface area contributed by atoms with E-state index in [1.54, 1.807) is 6.07 Å². The second-order valence-electron chi connectivity index (χ2n) is 8.49. The van der Waals surface area contributed by atoms with Crippen molar-refractivity contribution in [2.75, 3.05) is 36.4 Å². The molecule has 0 bridgehead atoms. The number of halogens is 1. The van der Waals surface area contributed by atoms with Crippen LogP contribution in [0, 0.1) is 8.99 Å². The molecule has 1 aliphatic rings. The second-order valence-corrected chi connectivity index (χ2v) is 10.1. The average Bonchev–Trinajstić information content (AvgIpc) is 2.73. The molecular formula is C23H27IN4O2S. The summed E-state index contributed by atoms with van der Waals surface area (Å²) in [6.45, 7) is 8.94. The molecule has 0 radical (unpaired) electrons. The highest BCUT2D eigenvalue weighted by Crippen LogP contribution is 2.22. The Morgan fingerprint density at radius 2 is 1.65 bits per heavy atom. The Kier molecular flexibility index (Phi) is 7.53. The maximum absolute atomic E-state index is 12.5. The molecule has 0 aromatic heterocycles. The Balaban J connectivity index is 1.52. The molecule has 6 nitrogen and oxygen atoms in total. The van der Waals surface area contributed by atoms with Crippen molar-refractivity contribution in [3.63, 3.8) is 0 Å². The van der Waals surface area contributed by atoms with Crippen LogP contribution in [0.25, 0.3) is 0 Å². The van der Waals surface area contributed by atoms with Gasteiger partial charge in [-0.15, -0.1) is 0 Å². The quantitative estimate of drug-likeness (QED) is 0.445. The van der Waals surface area contributed by atoms with Gasteiger partial charge in [-0.2, -0.15) is 0 Å². The molecule has 1 heterocycles. The minimum absolute atomic E-state index is 0.201. The van der Waals surface area contributed by atoms with E-state index in [2.05, 4.69) is 38.1 Å². The predicted octanol–water partition coefficient (Wildman–Crippen LogP) is 4.11. The summed E-state index contributed by atoms with van der Waals surface area (Å²) in [5.41, 5.74) is 2.12. The van der Waals surface area contributed by atoms with Gasteiger partial charge in [0.2, 0.25) is 5.91 Å². The van der Waals surface area contributed by atoms with E-state index < -0.39 is 0 Å². The number of piperazine rings is 1. The van der Waals surface area contributed by atoms with Crippen molar-refractivity contribution in [1.82, 2.24) is 10.2 Å². The number of amides is 2. The molecule has 0 saturated carbocycles. The van der Waals surface area contributed by atoms with Crippen molar-refractivity contribution >= 4 is 63.1 Å². The van der Waals surface area contributed by atoms with Gasteiger partial charge in [0.05, 0.1) is 0 Å². The molecule has 2 aromatic rings. The topological polar surface area (TPSA) is 64.7 Å². The van der Waals surface area contributed by atoms with Crippen molar-refractivity contribution < 1.29 is 9.59 Å². The first kappa shape index (κ1) is 23.5. The van der Waals surface area contributed by atoms with Crippen LogP contribution in [0.2, 0.25) is 0 Å². The first-order chi connectivity index (χ1) is 14.6. The van der Waals surface area contributed by atoms with Crippen molar-refractivity contribution in [2.45, 2.75) is 20.8 Å². The molecule has 0 spiro atoms. The zero-order chi connectivity index (χ0) is 22.6. The number of carbonyl (C=O) groups is 2. The highest BCUT2D eigenvalue weighted by molar-refractivity contribution is 14.1. The molecular weight excluding hydrogens is 523 g/mol. The number of hydrogen-bond donors (Lipinski definition) is 2. The summed E-state index contributed by atoms with van der Waals surface area (Å²) in [5, 5.41) is 6.02. The first-order valence-corrected chi connectivity index (χ1v) is 11.6. The molecule has 0 atom stereocenters. The van der Waals surface area contributed by atoms with Crippen LogP contribution >= 0.6 is 34.8 Å². The Morgan fingerprint density at radius 3 is 2.23 bits per heavy atom. The van der Waals surface area contributed by atoms with Gasteiger partial charge in [0.15, 0.2) is 5.11 Å². The van der Waals surface area contributed by atoms with Crippen LogP contribution < -0.4 is 15.5 Å². The fraction of sp³-hybridized carbons (Fsp3) is 0.348. The van der Waals surface area contributed by atoms with Crippen molar-refractivity contribution in [3.05, 3.63) is 57.7 Å². The van der Waals surface area contributed by atoms with E-state index in [1.807, 2.05) is 68.1 Å². The fourth-order valence-electron chi connectivity index (χ4n) is 3.37. The number of carbonyl (C=O) groups excluding carboxylic acids is 2. The van der Waals surface area contributed by atoms with Crippen molar-refractivity contribution in [2.24, 2.45) is 5.41 Å². The third kappa shape index (κ3) is 6.39. The van der Waals surface area contributed by atoms with E-state index in [0.717, 1.165) is 41.1 Å². The Morgan fingerprint density at radius 1 is 1.00 bits per heavy atom. The van der Waals surface area contributed by atoms with E-state index in [0.29, 0.717) is 5.56 Å². The number of nitrogens with one attached hydrogen (secondary N) is 2. The average molecular weight is 550 g/mol. The number of rotatable bonds is 3. The number of benzene rings is 2. The van der Waals surface area contributed by atoms with Gasteiger partial charge in [0.1, 0.15) is 0 Å². The van der Waals surface area contributed by atoms with Gasteiger partial charge < -0.3 is 15.1 Å². The molecule has 2 amide bonds. The lowest BCUT2D eigenvalue weighted by Gasteiger charge is -2.38. The van der Waals surface area contributed by atoms with Gasteiger partial charge >= 0.3 is 0 Å². The summed E-state index contributed by atoms with van der Waals surface area (Å²) in [5.74, 6) is -0.0391. The third-order valence-electron chi connectivity index (χ3n) is 5.01. The van der Waals surface area contributed by atoms with Crippen LogP contribution in [0.4, 0.5) is 11.4 Å². The molecule has 2 N–H and O–H groups in total. The summed E-state index contributed by atoms with van der Waals surface area (Å²) >= 11 is 7.45. The van der Waals surface area contributed by atoms with Crippen molar-refractivity contribution in [1.29, 1.82) is 0 Å². The van der Waals surface area contributed by atoms with Crippen LogP contribution in [0.15, 0.2) is 48.5 Å². The van der Waals surface area contributed by atoms with Crippen LogP contribution in [0.1, 0.15) is 31.1 Å². The molecule has 31 heavy (non-hydrogen) atoms. The lowest BCUT2D eigenvalue weighted by atomic mass is 9.94. The molecule has 164 valence electrons. The number of anilines is 2. The molecule has 8 heteroatoms. The molecule has 1 saturated heterocycles. The van der Waals surface area contributed by atoms with Crippen LogP contribution in [0.3, 0.4) is 0 Å². The summed E-state index contributed by atoms with van der Waals surface area (Å²) in [6, 6.07) is 15.2. The van der Waals surface area contributed by atoms with Gasteiger partial charge in [-0.1, -0.05) is 26.8 Å². The van der Waals surface area contributed by atoms with Crippen LogP contribution in [0.5, 0.6) is 0 Å². The first-order valence-electron chi connectivity index (χ1n) is 10.2. The Hall–Kier alpha value is -2.20. The molecule has 3 rings (SSSR count). The van der Waals surface area contributed by atoms with E-state index in [-0.39, 0.29) is 22.3 Å². The normalized spacial score (nSPS) is 14.2. The van der Waals surface area contributed by atoms with Crippen molar-refractivity contribution in [3.8, 4) is 0 Å². The van der Waals surface area contributed by atoms with Gasteiger partial charge in [-0.25, -0.2) is 0 Å². The maximum Gasteiger partial charge on any atom is 0.257 e. The Labute approximate surface area is 202 Å². The zero-order valence-corrected chi connectivity index (χ0v) is 20.9. The molecule has 0 unspecified atom stereocenters. The van der Waals surface area contributed by atoms with E-state index in [1.165, 1.54) is 0 Å². The smallest absolute Gasteiger partial charge is 0.257 e. The second kappa shape index (κ2) is 9.95. The SMILES string of the molecule is CC(C)(C)C(=O)N1CCN(c2ccc(NC(=S)NC(=O)c3cccc(I)c3)cc2)CC1. The lowest BCUT2D eigenvalue weighted by molar-refractivity contribution is -0.139. The predicted molar refractivity (Wildman–Crippen MR) is 138 cm³/mol. The molecule has 0 aliphatic carbocycles. The number of hydrogen-bond acceptors (Lipinski definition) is 4. The Bertz CT molecular complexity index is 964. The van der Waals surface area contributed by atoms with Gasteiger partial charge in [0, 0.05) is 52.1 Å². The van der Waals surface area contributed by atoms with E-state index >= 15 is 0 Å². The lowest BCUT2D eigenvalue weighted by Crippen LogP contribution is -2.51. The minimum Gasteiger partial charge on any atom is -0.368 e. The van der Waals surface area contributed by atoms with E-state index in [9.17, 15) is 9.59 Å². The number of nitrogens with zero attached hydrogens (tertiary/aromatic N) is 2. The maximum atomic E-state index is 12.5. The summed E-state index contributed by atoms with van der Waals surface area (Å²) < 4.78 is 0.989. The van der Waals surface area contributed by atoms with Gasteiger partial charge in [-0.05, 0) is 77.3 Å². The third-order valence-corrected chi connectivity index (χ3v) is 5.89. The molecule has 2 aromatic carbocycles. The zero-order valence-electron chi connectivity index (χ0n) is 17.9. The largest absolute Gasteiger partial charge is 0.368 e. The standard InChI is InChI=1S/C23H27IN4O2S/c1-23(2,3)21(30)28-13-11-27(12-14-28)19-9-7-18(8-10-19)25-22(31)26-20(29)16-5-4-6-17(24)15-16/h4-10,15H,11-14H2,1-3H3,(H2,25,26,29,31). The van der Waals surface area contributed by atoms with Gasteiger partial charge in [-0.3, -0.25) is 14.9 Å². The van der Waals surface area contributed by atoms with Crippen LogP contribution in [-0.2, 0) is 4.79 Å². The van der Waals surface area contributed by atoms with E-state index in [4.69, 9.17) is 12.2 Å². The fourth-order valence-corrected chi connectivity index (χ4v) is 4.12. The van der Waals surface area contributed by atoms with Crippen LogP contribution in [-0.4, -0.2) is 48.0 Å². The van der Waals surface area contributed by atoms with Gasteiger partial charge in [0.25, 0.3) is 5.91 Å².